The lowest BCUT2D eigenvalue weighted by Crippen LogP contribution is -2.33. The summed E-state index contributed by atoms with van der Waals surface area (Å²) in [5, 5.41) is 2.63. The number of hydrogen-bond donors (Lipinski definition) is 1. The van der Waals surface area contributed by atoms with Crippen LogP contribution in [0.3, 0.4) is 0 Å². The van der Waals surface area contributed by atoms with Gasteiger partial charge in [0.2, 0.25) is 0 Å². The Morgan fingerprint density at radius 1 is 1.12 bits per heavy atom. The van der Waals surface area contributed by atoms with E-state index in [0.29, 0.717) is 18.7 Å². The normalized spacial score (nSPS) is 9.88. The van der Waals surface area contributed by atoms with Crippen molar-refractivity contribution in [1.82, 2.24) is 5.32 Å². The zero-order valence-corrected chi connectivity index (χ0v) is 15.8. The van der Waals surface area contributed by atoms with Gasteiger partial charge in [-0.05, 0) is 51.8 Å². The number of rotatable bonds is 4. The second kappa shape index (κ2) is 13.7. The number of ether oxygens (including phenoxy) is 2. The number of carbonyl (C=O) groups is 1. The summed E-state index contributed by atoms with van der Waals surface area (Å²) in [4.78, 5) is 11.0. The summed E-state index contributed by atoms with van der Waals surface area (Å²) >= 11 is 0. The predicted molar refractivity (Wildman–Crippen MR) is 93.2 cm³/mol. The first-order valence-electron chi connectivity index (χ1n) is 8.02. The quantitative estimate of drug-likeness (QED) is 0.792. The molecule has 0 heterocycles. The molecule has 140 valence electrons. The molecule has 1 N–H and O–H groups in total. The molecule has 24 heavy (non-hydrogen) atoms. The van der Waals surface area contributed by atoms with Gasteiger partial charge in [0.15, 0.2) is 0 Å². The summed E-state index contributed by atoms with van der Waals surface area (Å²) in [6, 6.07) is 3.42. The number of methoxy groups -OCH3 is 1. The minimum absolute atomic E-state index is 0.372. The summed E-state index contributed by atoms with van der Waals surface area (Å²) in [5.74, 6) is -1.04. The number of halogens is 2. The van der Waals surface area contributed by atoms with Crippen molar-refractivity contribution in [2.45, 2.75) is 53.6 Å². The van der Waals surface area contributed by atoms with Gasteiger partial charge in [-0.3, -0.25) is 0 Å². The minimum Gasteiger partial charge on any atom is -0.444 e. The highest BCUT2D eigenvalue weighted by molar-refractivity contribution is 5.67. The molecule has 0 aliphatic rings. The first kappa shape index (κ1) is 24.6. The molecule has 0 radical (unpaired) electrons. The lowest BCUT2D eigenvalue weighted by Gasteiger charge is -2.19. The highest BCUT2D eigenvalue weighted by Gasteiger charge is 2.15. The Hall–Kier alpha value is -1.69. The molecule has 1 rings (SSSR count). The molecule has 0 bridgehead atoms. The Balaban J connectivity index is 0. The fourth-order valence-electron chi connectivity index (χ4n) is 1.41. The van der Waals surface area contributed by atoms with Gasteiger partial charge in [0.25, 0.3) is 0 Å². The molecular formula is C18H31F2NO3. The number of aryl methyl sites for hydroxylation is 1. The largest absolute Gasteiger partial charge is 0.444 e. The number of benzene rings is 1. The SMILES string of the molecule is CC.COCCCNC(=O)OC(C)(C)C.Cc1cc(F)cc(F)c1. The van der Waals surface area contributed by atoms with Crippen LogP contribution in [0.15, 0.2) is 18.2 Å². The van der Waals surface area contributed by atoms with Crippen molar-refractivity contribution < 1.29 is 23.0 Å². The summed E-state index contributed by atoms with van der Waals surface area (Å²) in [6.45, 7) is 12.4. The van der Waals surface area contributed by atoms with Crippen molar-refractivity contribution >= 4 is 6.09 Å². The van der Waals surface area contributed by atoms with E-state index in [9.17, 15) is 13.6 Å². The average Bonchev–Trinajstić information content (AvgIpc) is 2.43. The standard InChI is InChI=1S/C9H19NO3.C7H6F2.C2H6/c1-9(2,3)13-8(11)10-6-5-7-12-4;1-5-2-6(8)4-7(9)3-5;1-2/h5-7H2,1-4H3,(H,10,11);2-4H,1H3;1-2H3. The molecule has 0 aliphatic heterocycles. The maximum absolute atomic E-state index is 12.2. The van der Waals surface area contributed by atoms with Crippen LogP contribution < -0.4 is 5.32 Å². The Morgan fingerprint density at radius 2 is 1.62 bits per heavy atom. The van der Waals surface area contributed by atoms with Crippen molar-refractivity contribution in [2.75, 3.05) is 20.3 Å². The van der Waals surface area contributed by atoms with Crippen LogP contribution >= 0.6 is 0 Å². The molecule has 0 fully saturated rings. The fourth-order valence-corrected chi connectivity index (χ4v) is 1.41. The van der Waals surface area contributed by atoms with Gasteiger partial charge in [-0.25, -0.2) is 13.6 Å². The van der Waals surface area contributed by atoms with Crippen molar-refractivity contribution in [3.8, 4) is 0 Å². The van der Waals surface area contributed by atoms with E-state index >= 15 is 0 Å². The third kappa shape index (κ3) is 16.7. The molecule has 1 amide bonds. The molecule has 0 saturated carbocycles. The minimum atomic E-state index is -0.521. The van der Waals surface area contributed by atoms with Crippen molar-refractivity contribution in [3.63, 3.8) is 0 Å². The van der Waals surface area contributed by atoms with Gasteiger partial charge in [0, 0.05) is 26.3 Å². The molecule has 0 aromatic heterocycles. The molecule has 0 unspecified atom stereocenters. The smallest absolute Gasteiger partial charge is 0.407 e. The number of carbonyl (C=O) groups excluding carboxylic acids is 1. The van der Waals surface area contributed by atoms with E-state index in [0.717, 1.165) is 12.5 Å². The molecule has 6 heteroatoms. The molecule has 1 aromatic carbocycles. The lowest BCUT2D eigenvalue weighted by molar-refractivity contribution is 0.0523. The van der Waals surface area contributed by atoms with Gasteiger partial charge in [0.1, 0.15) is 17.2 Å². The highest BCUT2D eigenvalue weighted by Crippen LogP contribution is 2.06. The van der Waals surface area contributed by atoms with E-state index in [1.807, 2.05) is 34.6 Å². The zero-order valence-electron chi connectivity index (χ0n) is 15.8. The monoisotopic (exact) mass is 347 g/mol. The van der Waals surface area contributed by atoms with Crippen LogP contribution in [0.1, 0.15) is 46.6 Å². The van der Waals surface area contributed by atoms with Gasteiger partial charge >= 0.3 is 6.09 Å². The Morgan fingerprint density at radius 3 is 2.00 bits per heavy atom. The molecular weight excluding hydrogens is 316 g/mol. The first-order chi connectivity index (χ1) is 11.1. The van der Waals surface area contributed by atoms with Crippen LogP contribution in [0, 0.1) is 18.6 Å². The predicted octanol–water partition coefficient (Wildman–Crippen LogP) is 4.85. The van der Waals surface area contributed by atoms with E-state index in [2.05, 4.69) is 5.32 Å². The summed E-state index contributed by atoms with van der Waals surface area (Å²) in [7, 11) is 1.63. The Labute approximate surface area is 144 Å². The van der Waals surface area contributed by atoms with Crippen LogP contribution in [0.2, 0.25) is 0 Å². The summed E-state index contributed by atoms with van der Waals surface area (Å²) in [5.41, 5.74) is 0.179. The van der Waals surface area contributed by atoms with E-state index in [1.54, 1.807) is 14.0 Å². The van der Waals surface area contributed by atoms with E-state index < -0.39 is 17.2 Å². The Bertz CT molecular complexity index is 410. The van der Waals surface area contributed by atoms with E-state index in [1.165, 1.54) is 12.1 Å². The average molecular weight is 347 g/mol. The van der Waals surface area contributed by atoms with Crippen LogP contribution in [0.25, 0.3) is 0 Å². The fraction of sp³-hybridized carbons (Fsp3) is 0.611. The summed E-state index contributed by atoms with van der Waals surface area (Å²) < 4.78 is 34.2. The van der Waals surface area contributed by atoms with Crippen LogP contribution in [-0.4, -0.2) is 32.0 Å². The van der Waals surface area contributed by atoms with Crippen molar-refractivity contribution in [1.29, 1.82) is 0 Å². The lowest BCUT2D eigenvalue weighted by atomic mass is 10.2. The third-order valence-electron chi connectivity index (χ3n) is 2.20. The molecule has 4 nitrogen and oxygen atoms in total. The van der Waals surface area contributed by atoms with Crippen molar-refractivity contribution in [2.24, 2.45) is 0 Å². The summed E-state index contributed by atoms with van der Waals surface area (Å²) in [6.07, 6.45) is 0.430. The van der Waals surface area contributed by atoms with Crippen LogP contribution in [0.5, 0.6) is 0 Å². The van der Waals surface area contributed by atoms with Crippen LogP contribution in [-0.2, 0) is 9.47 Å². The molecule has 0 atom stereocenters. The Kier molecular flexibility index (Phi) is 14.0. The van der Waals surface area contributed by atoms with Gasteiger partial charge in [0.05, 0.1) is 0 Å². The number of amides is 1. The number of nitrogens with one attached hydrogen (secondary N) is 1. The van der Waals surface area contributed by atoms with Crippen molar-refractivity contribution in [3.05, 3.63) is 35.4 Å². The maximum Gasteiger partial charge on any atom is 0.407 e. The van der Waals surface area contributed by atoms with E-state index in [4.69, 9.17) is 9.47 Å². The first-order valence-corrected chi connectivity index (χ1v) is 8.02. The second-order valence-electron chi connectivity index (χ2n) is 5.72. The highest BCUT2D eigenvalue weighted by atomic mass is 19.1. The van der Waals surface area contributed by atoms with E-state index in [-0.39, 0.29) is 6.09 Å². The molecule has 0 aliphatic carbocycles. The second-order valence-corrected chi connectivity index (χ2v) is 5.72. The van der Waals surface area contributed by atoms with Gasteiger partial charge in [-0.15, -0.1) is 0 Å². The maximum atomic E-state index is 12.2. The van der Waals surface area contributed by atoms with Gasteiger partial charge in [-0.1, -0.05) is 13.8 Å². The van der Waals surface area contributed by atoms with Gasteiger partial charge < -0.3 is 14.8 Å². The molecule has 0 spiro atoms. The number of alkyl carbamates (subject to hydrolysis) is 1. The number of hydrogen-bond acceptors (Lipinski definition) is 3. The zero-order chi connectivity index (χ0) is 19.2. The van der Waals surface area contributed by atoms with Gasteiger partial charge in [-0.2, -0.15) is 0 Å². The third-order valence-corrected chi connectivity index (χ3v) is 2.20. The molecule has 1 aromatic rings. The topological polar surface area (TPSA) is 47.6 Å². The molecule has 0 saturated heterocycles. The van der Waals surface area contributed by atoms with Crippen LogP contribution in [0.4, 0.5) is 13.6 Å².